The van der Waals surface area contributed by atoms with Gasteiger partial charge in [-0.05, 0) is 29.4 Å². The molecule has 0 amide bonds. The Balaban J connectivity index is 2.50. The molecule has 0 saturated heterocycles. The lowest BCUT2D eigenvalue weighted by Crippen LogP contribution is -2.19. The Morgan fingerprint density at radius 3 is 1.89 bits per heavy atom. The quantitative estimate of drug-likeness (QED) is 0.750. The van der Waals surface area contributed by atoms with Crippen molar-refractivity contribution in [3.05, 3.63) is 35.4 Å². The molecule has 0 fully saturated rings. The molecule has 0 heterocycles. The van der Waals surface area contributed by atoms with E-state index in [1.807, 2.05) is 20.8 Å². The molecule has 0 aliphatic carbocycles. The van der Waals surface area contributed by atoms with Gasteiger partial charge in [0.1, 0.15) is 5.78 Å². The van der Waals surface area contributed by atoms with Gasteiger partial charge < -0.3 is 0 Å². The van der Waals surface area contributed by atoms with Gasteiger partial charge in [0.25, 0.3) is 0 Å². The van der Waals surface area contributed by atoms with Crippen LogP contribution in [0.25, 0.3) is 0 Å². The molecule has 0 aromatic heterocycles. The largest absolute Gasteiger partial charge is 0.299 e. The summed E-state index contributed by atoms with van der Waals surface area (Å²) in [5.74, 6) is 0.360. The van der Waals surface area contributed by atoms with Crippen LogP contribution in [0, 0.1) is 5.41 Å². The van der Waals surface area contributed by atoms with E-state index in [2.05, 4.69) is 45.0 Å². The summed E-state index contributed by atoms with van der Waals surface area (Å²) in [4.78, 5) is 11.8. The molecule has 0 aliphatic heterocycles. The van der Waals surface area contributed by atoms with Crippen LogP contribution in [0.15, 0.2) is 24.3 Å². The third-order valence-electron chi connectivity index (χ3n) is 3.53. The summed E-state index contributed by atoms with van der Waals surface area (Å²) in [7, 11) is 0. The third kappa shape index (κ3) is 5.18. The Morgan fingerprint density at radius 1 is 0.947 bits per heavy atom. The number of carbonyl (C=O) groups is 1. The lowest BCUT2D eigenvalue weighted by atomic mass is 9.86. The molecular formula is C18H28O. The highest BCUT2D eigenvalue weighted by atomic mass is 16.1. The number of ketones is 1. The monoisotopic (exact) mass is 260 g/mol. The minimum absolute atomic E-state index is 0.198. The number of hydrogen-bond donors (Lipinski definition) is 0. The molecule has 1 heteroatoms. The first kappa shape index (κ1) is 15.9. The maximum atomic E-state index is 11.8. The summed E-state index contributed by atoms with van der Waals surface area (Å²) < 4.78 is 0. The number of carbonyl (C=O) groups excluding carboxylic acids is 1. The lowest BCUT2D eigenvalue weighted by Gasteiger charge is -2.19. The molecule has 1 rings (SSSR count). The molecule has 1 aromatic rings. The van der Waals surface area contributed by atoms with Crippen LogP contribution >= 0.6 is 0 Å². The van der Waals surface area contributed by atoms with Gasteiger partial charge in [0.2, 0.25) is 0 Å². The summed E-state index contributed by atoms with van der Waals surface area (Å²) in [6.07, 6.45) is 2.63. The van der Waals surface area contributed by atoms with Gasteiger partial charge in [0.15, 0.2) is 0 Å². The number of aryl methyl sites for hydroxylation is 1. The Bertz CT molecular complexity index is 412. The first-order chi connectivity index (χ1) is 8.60. The SMILES string of the molecule is CC(C)(C)C(=O)CCCc1ccc(C(C)(C)C)cc1. The van der Waals surface area contributed by atoms with Crippen LogP contribution in [0.1, 0.15) is 65.5 Å². The summed E-state index contributed by atoms with van der Waals surface area (Å²) >= 11 is 0. The number of benzene rings is 1. The van der Waals surface area contributed by atoms with Crippen LogP contribution in [-0.4, -0.2) is 5.78 Å². The van der Waals surface area contributed by atoms with E-state index in [9.17, 15) is 4.79 Å². The fourth-order valence-electron chi connectivity index (χ4n) is 2.00. The Morgan fingerprint density at radius 2 is 1.47 bits per heavy atom. The summed E-state index contributed by atoms with van der Waals surface area (Å²) in [5, 5.41) is 0. The zero-order valence-corrected chi connectivity index (χ0v) is 13.3. The number of rotatable bonds is 4. The molecule has 106 valence electrons. The van der Waals surface area contributed by atoms with Crippen molar-refractivity contribution in [3.63, 3.8) is 0 Å². The van der Waals surface area contributed by atoms with E-state index in [1.54, 1.807) is 0 Å². The van der Waals surface area contributed by atoms with E-state index in [0.717, 1.165) is 12.8 Å². The van der Waals surface area contributed by atoms with Crippen molar-refractivity contribution in [1.82, 2.24) is 0 Å². The van der Waals surface area contributed by atoms with E-state index in [1.165, 1.54) is 11.1 Å². The molecule has 0 atom stereocenters. The Kier molecular flexibility index (Phi) is 4.95. The van der Waals surface area contributed by atoms with Gasteiger partial charge in [-0.15, -0.1) is 0 Å². The fourth-order valence-corrected chi connectivity index (χ4v) is 2.00. The van der Waals surface area contributed by atoms with Gasteiger partial charge in [-0.2, -0.15) is 0 Å². The minimum Gasteiger partial charge on any atom is -0.299 e. The lowest BCUT2D eigenvalue weighted by molar-refractivity contribution is -0.126. The molecule has 0 saturated carbocycles. The van der Waals surface area contributed by atoms with Gasteiger partial charge in [0, 0.05) is 11.8 Å². The van der Waals surface area contributed by atoms with E-state index >= 15 is 0 Å². The smallest absolute Gasteiger partial charge is 0.138 e. The van der Waals surface area contributed by atoms with Gasteiger partial charge in [-0.1, -0.05) is 65.8 Å². The van der Waals surface area contributed by atoms with E-state index in [-0.39, 0.29) is 10.8 Å². The second-order valence-corrected chi connectivity index (χ2v) is 7.47. The predicted octanol–water partition coefficient (Wildman–Crippen LogP) is 4.92. The fraction of sp³-hybridized carbons (Fsp3) is 0.611. The van der Waals surface area contributed by atoms with Crippen LogP contribution in [-0.2, 0) is 16.6 Å². The van der Waals surface area contributed by atoms with Crippen LogP contribution in [0.3, 0.4) is 0 Å². The Labute approximate surface area is 118 Å². The standard InChI is InChI=1S/C18H28O/c1-17(2,3)15-12-10-14(11-13-15)8-7-9-16(19)18(4,5)6/h10-13H,7-9H2,1-6H3. The van der Waals surface area contributed by atoms with Gasteiger partial charge >= 0.3 is 0 Å². The topological polar surface area (TPSA) is 17.1 Å². The first-order valence-electron chi connectivity index (χ1n) is 7.23. The molecule has 0 spiro atoms. The Hall–Kier alpha value is -1.11. The normalized spacial score (nSPS) is 12.5. The van der Waals surface area contributed by atoms with E-state index in [0.29, 0.717) is 12.2 Å². The van der Waals surface area contributed by atoms with Crippen molar-refractivity contribution in [2.45, 2.75) is 66.2 Å². The molecule has 0 radical (unpaired) electrons. The average Bonchev–Trinajstić information content (AvgIpc) is 2.27. The molecule has 0 N–H and O–H groups in total. The number of Topliss-reactive ketones (excluding diaryl/α,β-unsaturated/α-hetero) is 1. The highest BCUT2D eigenvalue weighted by Gasteiger charge is 2.20. The highest BCUT2D eigenvalue weighted by Crippen LogP contribution is 2.23. The summed E-state index contributed by atoms with van der Waals surface area (Å²) in [5.41, 5.74) is 2.70. The van der Waals surface area contributed by atoms with E-state index < -0.39 is 0 Å². The van der Waals surface area contributed by atoms with Gasteiger partial charge in [0.05, 0.1) is 0 Å². The van der Waals surface area contributed by atoms with Gasteiger partial charge in [-0.25, -0.2) is 0 Å². The van der Waals surface area contributed by atoms with Crippen LogP contribution < -0.4 is 0 Å². The second-order valence-electron chi connectivity index (χ2n) is 7.47. The van der Waals surface area contributed by atoms with Crippen molar-refractivity contribution in [3.8, 4) is 0 Å². The summed E-state index contributed by atoms with van der Waals surface area (Å²) in [6.45, 7) is 12.7. The molecular weight excluding hydrogens is 232 g/mol. The van der Waals surface area contributed by atoms with Crippen LogP contribution in [0.5, 0.6) is 0 Å². The van der Waals surface area contributed by atoms with Crippen molar-refractivity contribution < 1.29 is 4.79 Å². The molecule has 0 aliphatic rings. The minimum atomic E-state index is -0.198. The van der Waals surface area contributed by atoms with Crippen molar-refractivity contribution in [2.24, 2.45) is 5.41 Å². The van der Waals surface area contributed by atoms with Crippen molar-refractivity contribution in [2.75, 3.05) is 0 Å². The molecule has 1 aromatic carbocycles. The number of hydrogen-bond acceptors (Lipinski definition) is 1. The molecule has 1 nitrogen and oxygen atoms in total. The first-order valence-corrected chi connectivity index (χ1v) is 7.23. The third-order valence-corrected chi connectivity index (χ3v) is 3.53. The zero-order chi connectivity index (χ0) is 14.7. The highest BCUT2D eigenvalue weighted by molar-refractivity contribution is 5.83. The maximum Gasteiger partial charge on any atom is 0.138 e. The van der Waals surface area contributed by atoms with Crippen molar-refractivity contribution in [1.29, 1.82) is 0 Å². The predicted molar refractivity (Wildman–Crippen MR) is 82.5 cm³/mol. The van der Waals surface area contributed by atoms with Crippen molar-refractivity contribution >= 4 is 5.78 Å². The van der Waals surface area contributed by atoms with Crippen LogP contribution in [0.2, 0.25) is 0 Å². The zero-order valence-electron chi connectivity index (χ0n) is 13.3. The van der Waals surface area contributed by atoms with E-state index in [4.69, 9.17) is 0 Å². The average molecular weight is 260 g/mol. The second kappa shape index (κ2) is 5.90. The van der Waals surface area contributed by atoms with Gasteiger partial charge in [-0.3, -0.25) is 4.79 Å². The maximum absolute atomic E-state index is 11.8. The molecule has 0 unspecified atom stereocenters. The van der Waals surface area contributed by atoms with Crippen LogP contribution in [0.4, 0.5) is 0 Å². The summed E-state index contributed by atoms with van der Waals surface area (Å²) in [6, 6.07) is 8.81. The molecule has 0 bridgehead atoms. The molecule has 19 heavy (non-hydrogen) atoms.